The van der Waals surface area contributed by atoms with Crippen molar-refractivity contribution in [3.8, 4) is 0 Å². The molecule has 0 spiro atoms. The molecule has 1 unspecified atom stereocenters. The Kier molecular flexibility index (Phi) is 5.57. The van der Waals surface area contributed by atoms with Crippen molar-refractivity contribution in [2.45, 2.75) is 58.9 Å². The monoisotopic (exact) mass is 412 g/mol. The van der Waals surface area contributed by atoms with Crippen LogP contribution in [0.5, 0.6) is 0 Å². The molecule has 3 heteroatoms. The summed E-state index contributed by atoms with van der Waals surface area (Å²) in [5, 5.41) is 0. The van der Waals surface area contributed by atoms with Gasteiger partial charge in [-0.15, -0.1) is 0 Å². The molecule has 0 aliphatic carbocycles. The Morgan fingerprint density at radius 1 is 1.23 bits per heavy atom. The molecule has 0 N–H and O–H groups in total. The Hall–Kier alpha value is -1.61. The molecule has 1 heterocycles. The van der Waals surface area contributed by atoms with Crippen molar-refractivity contribution in [3.63, 3.8) is 0 Å². The highest BCUT2D eigenvalue weighted by molar-refractivity contribution is 9.10. The predicted octanol–water partition coefficient (Wildman–Crippen LogP) is 7.01. The minimum atomic E-state index is 0.215. The van der Waals surface area contributed by atoms with Crippen LogP contribution in [0.4, 0.5) is 11.4 Å². The van der Waals surface area contributed by atoms with Gasteiger partial charge in [-0.25, -0.2) is 0 Å². The molecular formula is C23H29BrN2. The van der Waals surface area contributed by atoms with Crippen molar-refractivity contribution in [2.75, 3.05) is 11.4 Å². The summed E-state index contributed by atoms with van der Waals surface area (Å²) in [4.78, 5) is 7.30. The first-order valence-electron chi connectivity index (χ1n) is 9.53. The second-order valence-electron chi connectivity index (χ2n) is 8.08. The highest BCUT2D eigenvalue weighted by Crippen LogP contribution is 2.43. The van der Waals surface area contributed by atoms with Crippen molar-refractivity contribution in [1.29, 1.82) is 0 Å². The van der Waals surface area contributed by atoms with Gasteiger partial charge in [-0.1, -0.05) is 35.8 Å². The number of fused-ring (bicyclic) bond motifs is 1. The number of aryl methyl sites for hydroxylation is 1. The minimum absolute atomic E-state index is 0.215. The fourth-order valence-electron chi connectivity index (χ4n) is 4.14. The van der Waals surface area contributed by atoms with Crippen LogP contribution in [0.25, 0.3) is 0 Å². The van der Waals surface area contributed by atoms with Gasteiger partial charge in [0.25, 0.3) is 0 Å². The first-order chi connectivity index (χ1) is 12.3. The summed E-state index contributed by atoms with van der Waals surface area (Å²) in [7, 11) is 0. The average molecular weight is 413 g/mol. The number of benzene rings is 2. The van der Waals surface area contributed by atoms with Crippen LogP contribution in [0.15, 0.2) is 45.9 Å². The average Bonchev–Trinajstić information content (AvgIpc) is 2.57. The lowest BCUT2D eigenvalue weighted by Crippen LogP contribution is -2.48. The molecule has 0 saturated heterocycles. The van der Waals surface area contributed by atoms with Crippen molar-refractivity contribution >= 4 is 33.5 Å². The number of anilines is 1. The smallest absolute Gasteiger partial charge is 0.0659 e. The third-order valence-corrected chi connectivity index (χ3v) is 5.86. The summed E-state index contributed by atoms with van der Waals surface area (Å²) in [5.74, 6) is 0.566. The van der Waals surface area contributed by atoms with E-state index in [2.05, 4.69) is 85.8 Å². The van der Waals surface area contributed by atoms with E-state index < -0.39 is 0 Å². The Morgan fingerprint density at radius 3 is 2.69 bits per heavy atom. The molecule has 1 atom stereocenters. The number of nitrogens with zero attached hydrogens (tertiary/aromatic N) is 2. The Morgan fingerprint density at radius 2 is 2.00 bits per heavy atom. The third-order valence-electron chi connectivity index (χ3n) is 5.37. The normalized spacial score (nSPS) is 19.0. The van der Waals surface area contributed by atoms with E-state index >= 15 is 0 Å². The van der Waals surface area contributed by atoms with Crippen LogP contribution in [0.3, 0.4) is 0 Å². The topological polar surface area (TPSA) is 15.6 Å². The van der Waals surface area contributed by atoms with Gasteiger partial charge in [0.2, 0.25) is 0 Å². The van der Waals surface area contributed by atoms with E-state index in [0.717, 1.165) is 16.7 Å². The molecule has 26 heavy (non-hydrogen) atoms. The van der Waals surface area contributed by atoms with Gasteiger partial charge in [-0.3, -0.25) is 4.99 Å². The van der Waals surface area contributed by atoms with Gasteiger partial charge in [0, 0.05) is 28.5 Å². The Balaban J connectivity index is 1.93. The summed E-state index contributed by atoms with van der Waals surface area (Å²) >= 11 is 3.51. The second kappa shape index (κ2) is 7.56. The zero-order valence-electron chi connectivity index (χ0n) is 16.5. The van der Waals surface area contributed by atoms with E-state index in [9.17, 15) is 0 Å². The van der Waals surface area contributed by atoms with E-state index in [1.54, 1.807) is 0 Å². The third kappa shape index (κ3) is 3.88. The zero-order chi connectivity index (χ0) is 18.9. The minimum Gasteiger partial charge on any atom is -0.366 e. The summed E-state index contributed by atoms with van der Waals surface area (Å²) in [5.41, 5.74) is 6.44. The van der Waals surface area contributed by atoms with Crippen LogP contribution in [0.2, 0.25) is 0 Å². The van der Waals surface area contributed by atoms with Crippen molar-refractivity contribution in [1.82, 2.24) is 0 Å². The molecule has 0 amide bonds. The van der Waals surface area contributed by atoms with E-state index in [4.69, 9.17) is 4.99 Å². The van der Waals surface area contributed by atoms with Crippen LogP contribution < -0.4 is 4.90 Å². The summed E-state index contributed by atoms with van der Waals surface area (Å²) in [6.45, 7) is 12.6. The summed E-state index contributed by atoms with van der Waals surface area (Å²) in [6.07, 6.45) is 4.35. The van der Waals surface area contributed by atoms with Gasteiger partial charge >= 0.3 is 0 Å². The Bertz CT molecular complexity index is 823. The van der Waals surface area contributed by atoms with Crippen LogP contribution in [-0.4, -0.2) is 18.3 Å². The highest BCUT2D eigenvalue weighted by Gasteiger charge is 2.35. The maximum atomic E-state index is 4.72. The molecule has 1 aliphatic heterocycles. The quantitative estimate of drug-likeness (QED) is 0.492. The predicted molar refractivity (Wildman–Crippen MR) is 117 cm³/mol. The van der Waals surface area contributed by atoms with Gasteiger partial charge in [0.05, 0.1) is 5.69 Å². The number of rotatable bonds is 4. The lowest BCUT2D eigenvalue weighted by molar-refractivity contribution is 0.376. The van der Waals surface area contributed by atoms with Gasteiger partial charge in [0.15, 0.2) is 0 Å². The lowest BCUT2D eigenvalue weighted by Gasteiger charge is -2.47. The molecule has 0 radical (unpaired) electrons. The van der Waals surface area contributed by atoms with E-state index in [-0.39, 0.29) is 5.54 Å². The van der Waals surface area contributed by atoms with E-state index in [1.807, 2.05) is 12.3 Å². The standard InChI is InChI=1S/C23H29BrN2/c1-6-11-26-22-10-7-18(13-20(22)17(3)14-23(26,4)5)15-25-21-9-8-19(24)12-16(21)2/h7-10,12-13,15,17H,6,11,14H2,1-5H3. The van der Waals surface area contributed by atoms with E-state index in [0.29, 0.717) is 5.92 Å². The lowest BCUT2D eigenvalue weighted by atomic mass is 9.79. The van der Waals surface area contributed by atoms with Crippen LogP contribution in [0.1, 0.15) is 63.1 Å². The molecule has 138 valence electrons. The maximum absolute atomic E-state index is 4.72. The van der Waals surface area contributed by atoms with Crippen molar-refractivity contribution < 1.29 is 0 Å². The van der Waals surface area contributed by atoms with Crippen molar-refractivity contribution in [2.24, 2.45) is 4.99 Å². The molecule has 0 saturated carbocycles. The van der Waals surface area contributed by atoms with Crippen LogP contribution in [0, 0.1) is 6.92 Å². The Labute approximate surface area is 166 Å². The number of halogens is 1. The molecule has 0 fully saturated rings. The van der Waals surface area contributed by atoms with Gasteiger partial charge in [0.1, 0.15) is 0 Å². The molecule has 2 aromatic carbocycles. The zero-order valence-corrected chi connectivity index (χ0v) is 18.1. The number of aliphatic imine (C=N–C) groups is 1. The molecule has 3 rings (SSSR count). The first-order valence-corrected chi connectivity index (χ1v) is 10.3. The highest BCUT2D eigenvalue weighted by atomic mass is 79.9. The first kappa shape index (κ1) is 19.2. The maximum Gasteiger partial charge on any atom is 0.0659 e. The van der Waals surface area contributed by atoms with Crippen LogP contribution >= 0.6 is 15.9 Å². The van der Waals surface area contributed by atoms with Gasteiger partial charge in [-0.2, -0.15) is 0 Å². The molecule has 2 nitrogen and oxygen atoms in total. The second-order valence-corrected chi connectivity index (χ2v) is 8.99. The fraction of sp³-hybridized carbons (Fsp3) is 0.435. The van der Waals surface area contributed by atoms with Crippen molar-refractivity contribution in [3.05, 3.63) is 57.6 Å². The molecule has 0 aromatic heterocycles. The van der Waals surface area contributed by atoms with E-state index in [1.165, 1.54) is 35.2 Å². The number of hydrogen-bond donors (Lipinski definition) is 0. The molecule has 0 bridgehead atoms. The number of hydrogen-bond acceptors (Lipinski definition) is 2. The van der Waals surface area contributed by atoms with Gasteiger partial charge in [-0.05, 0) is 86.6 Å². The largest absolute Gasteiger partial charge is 0.366 e. The molecular weight excluding hydrogens is 384 g/mol. The van der Waals surface area contributed by atoms with Crippen LogP contribution in [-0.2, 0) is 0 Å². The fourth-order valence-corrected chi connectivity index (χ4v) is 4.62. The SMILES string of the molecule is CCCN1c2ccc(C=Nc3ccc(Br)cc3C)cc2C(C)CC1(C)C. The summed E-state index contributed by atoms with van der Waals surface area (Å²) in [6, 6.07) is 13.0. The summed E-state index contributed by atoms with van der Waals surface area (Å²) < 4.78 is 1.09. The molecule has 1 aliphatic rings. The molecule has 2 aromatic rings. The van der Waals surface area contributed by atoms with Gasteiger partial charge < -0.3 is 4.90 Å².